The first-order valence-corrected chi connectivity index (χ1v) is 5.29. The molecule has 0 spiro atoms. The van der Waals surface area contributed by atoms with Gasteiger partial charge < -0.3 is 16.2 Å². The van der Waals surface area contributed by atoms with Crippen molar-refractivity contribution in [3.63, 3.8) is 0 Å². The largest absolute Gasteiger partial charge is 0.394 e. The lowest BCUT2D eigenvalue weighted by Crippen LogP contribution is -2.16. The second kappa shape index (κ2) is 5.27. The third-order valence-corrected chi connectivity index (χ3v) is 2.36. The maximum Gasteiger partial charge on any atom is 0.147 e. The van der Waals surface area contributed by atoms with Gasteiger partial charge in [0.25, 0.3) is 0 Å². The zero-order chi connectivity index (χ0) is 12.1. The smallest absolute Gasteiger partial charge is 0.147 e. The lowest BCUT2D eigenvalue weighted by molar-refractivity contribution is 0.276. The van der Waals surface area contributed by atoms with E-state index in [1.54, 1.807) is 6.20 Å². The predicted octanol–water partition coefficient (Wildman–Crippen LogP) is 1.20. The van der Waals surface area contributed by atoms with Crippen LogP contribution < -0.4 is 11.1 Å². The van der Waals surface area contributed by atoms with Gasteiger partial charge in [0.05, 0.1) is 25.0 Å². The van der Waals surface area contributed by atoms with E-state index in [0.717, 1.165) is 5.56 Å². The number of aliphatic hydroxyl groups excluding tert-OH is 1. The summed E-state index contributed by atoms with van der Waals surface area (Å²) in [6, 6.07) is 9.43. The Balaban J connectivity index is 2.16. The lowest BCUT2D eigenvalue weighted by Gasteiger charge is -2.17. The minimum absolute atomic E-state index is 0.0273. The molecule has 88 valence electrons. The number of aliphatic hydroxyl groups is 1. The third-order valence-electron chi connectivity index (χ3n) is 2.36. The van der Waals surface area contributed by atoms with Gasteiger partial charge in [-0.15, -0.1) is 0 Å². The number of nitrogens with two attached hydrogens (primary N) is 1. The number of nitrogen functional groups attached to an aromatic ring is 1. The van der Waals surface area contributed by atoms with Gasteiger partial charge in [-0.05, 0) is 5.56 Å². The number of anilines is 2. The van der Waals surface area contributed by atoms with E-state index < -0.39 is 0 Å². The Morgan fingerprint density at radius 3 is 2.65 bits per heavy atom. The summed E-state index contributed by atoms with van der Waals surface area (Å²) in [6.07, 6.45) is 3.05. The molecule has 4 N–H and O–H groups in total. The lowest BCUT2D eigenvalue weighted by atomic mass is 10.1. The van der Waals surface area contributed by atoms with Crippen molar-refractivity contribution in [2.75, 3.05) is 17.7 Å². The molecule has 1 aromatic heterocycles. The number of benzene rings is 1. The molecule has 17 heavy (non-hydrogen) atoms. The molecule has 5 nitrogen and oxygen atoms in total. The highest BCUT2D eigenvalue weighted by molar-refractivity contribution is 5.41. The average Bonchev–Trinajstić information content (AvgIpc) is 2.37. The summed E-state index contributed by atoms with van der Waals surface area (Å²) in [7, 11) is 0. The SMILES string of the molecule is Nc1cncc(NC(CO)c2ccccc2)n1. The molecule has 0 saturated carbocycles. The van der Waals surface area contributed by atoms with Crippen LogP contribution in [-0.2, 0) is 0 Å². The van der Waals surface area contributed by atoms with E-state index in [0.29, 0.717) is 11.6 Å². The molecule has 2 aromatic rings. The monoisotopic (exact) mass is 230 g/mol. The highest BCUT2D eigenvalue weighted by Crippen LogP contribution is 2.17. The van der Waals surface area contributed by atoms with E-state index in [1.807, 2.05) is 30.3 Å². The van der Waals surface area contributed by atoms with Gasteiger partial charge in [-0.25, -0.2) is 4.98 Å². The molecule has 5 heteroatoms. The summed E-state index contributed by atoms with van der Waals surface area (Å²) in [5.41, 5.74) is 6.52. The maximum absolute atomic E-state index is 9.37. The Morgan fingerprint density at radius 1 is 1.24 bits per heavy atom. The minimum Gasteiger partial charge on any atom is -0.394 e. The van der Waals surface area contributed by atoms with Gasteiger partial charge in [-0.2, -0.15) is 0 Å². The van der Waals surface area contributed by atoms with Crippen LogP contribution >= 0.6 is 0 Å². The van der Waals surface area contributed by atoms with Crippen molar-refractivity contribution in [1.29, 1.82) is 0 Å². The van der Waals surface area contributed by atoms with Crippen molar-refractivity contribution >= 4 is 11.6 Å². The number of hydrogen-bond donors (Lipinski definition) is 3. The number of hydrogen-bond acceptors (Lipinski definition) is 5. The van der Waals surface area contributed by atoms with E-state index in [2.05, 4.69) is 15.3 Å². The molecular weight excluding hydrogens is 216 g/mol. The molecule has 0 amide bonds. The summed E-state index contributed by atoms with van der Waals surface area (Å²) in [6.45, 7) is -0.0273. The Kier molecular flexibility index (Phi) is 3.52. The van der Waals surface area contributed by atoms with Crippen LogP contribution in [0.5, 0.6) is 0 Å². The van der Waals surface area contributed by atoms with Gasteiger partial charge in [0.2, 0.25) is 0 Å². The van der Waals surface area contributed by atoms with Crippen LogP contribution in [0.2, 0.25) is 0 Å². The highest BCUT2D eigenvalue weighted by atomic mass is 16.3. The molecule has 0 saturated heterocycles. The van der Waals surface area contributed by atoms with E-state index in [9.17, 15) is 5.11 Å². The van der Waals surface area contributed by atoms with Crippen LogP contribution in [0.3, 0.4) is 0 Å². The van der Waals surface area contributed by atoms with Gasteiger partial charge in [-0.1, -0.05) is 30.3 Å². The predicted molar refractivity (Wildman–Crippen MR) is 66.3 cm³/mol. The number of nitrogens with one attached hydrogen (secondary N) is 1. The van der Waals surface area contributed by atoms with Gasteiger partial charge >= 0.3 is 0 Å². The van der Waals surface area contributed by atoms with Gasteiger partial charge in [-0.3, -0.25) is 4.98 Å². The van der Waals surface area contributed by atoms with Crippen molar-refractivity contribution in [3.05, 3.63) is 48.3 Å². The highest BCUT2D eigenvalue weighted by Gasteiger charge is 2.10. The summed E-state index contributed by atoms with van der Waals surface area (Å²) in [4.78, 5) is 8.01. The number of nitrogens with zero attached hydrogens (tertiary/aromatic N) is 2. The van der Waals surface area contributed by atoms with E-state index >= 15 is 0 Å². The molecule has 0 bridgehead atoms. The molecule has 1 unspecified atom stereocenters. The second-order valence-electron chi connectivity index (χ2n) is 3.62. The third kappa shape index (κ3) is 2.92. The van der Waals surface area contributed by atoms with Crippen molar-refractivity contribution in [2.45, 2.75) is 6.04 Å². The van der Waals surface area contributed by atoms with Crippen molar-refractivity contribution in [3.8, 4) is 0 Å². The van der Waals surface area contributed by atoms with Crippen LogP contribution in [0.15, 0.2) is 42.7 Å². The summed E-state index contributed by atoms with van der Waals surface area (Å²) in [5.74, 6) is 0.896. The van der Waals surface area contributed by atoms with Crippen molar-refractivity contribution < 1.29 is 5.11 Å². The number of rotatable bonds is 4. The van der Waals surface area contributed by atoms with E-state index in [4.69, 9.17) is 5.73 Å². The van der Waals surface area contributed by atoms with E-state index in [1.165, 1.54) is 6.20 Å². The first kappa shape index (κ1) is 11.3. The van der Waals surface area contributed by atoms with Crippen LogP contribution in [0.1, 0.15) is 11.6 Å². The summed E-state index contributed by atoms with van der Waals surface area (Å²) >= 11 is 0. The molecule has 0 aliphatic rings. The van der Waals surface area contributed by atoms with Crippen LogP contribution in [-0.4, -0.2) is 21.7 Å². The zero-order valence-corrected chi connectivity index (χ0v) is 9.24. The zero-order valence-electron chi connectivity index (χ0n) is 9.24. The van der Waals surface area contributed by atoms with Crippen LogP contribution in [0, 0.1) is 0 Å². The summed E-state index contributed by atoms with van der Waals surface area (Å²) < 4.78 is 0. The molecular formula is C12H14N4O. The van der Waals surface area contributed by atoms with Gasteiger partial charge in [0.1, 0.15) is 11.6 Å². The quantitative estimate of drug-likeness (QED) is 0.735. The summed E-state index contributed by atoms with van der Waals surface area (Å²) in [5, 5.41) is 12.5. The molecule has 0 fully saturated rings. The minimum atomic E-state index is -0.215. The van der Waals surface area contributed by atoms with Crippen LogP contribution in [0.25, 0.3) is 0 Å². The molecule has 1 atom stereocenters. The van der Waals surface area contributed by atoms with Crippen molar-refractivity contribution in [2.24, 2.45) is 0 Å². The Hall–Kier alpha value is -2.14. The Labute approximate surface area is 99.3 Å². The van der Waals surface area contributed by atoms with Gasteiger partial charge in [0.15, 0.2) is 0 Å². The van der Waals surface area contributed by atoms with Crippen molar-refractivity contribution in [1.82, 2.24) is 9.97 Å². The Bertz CT molecular complexity index is 475. The molecule has 0 radical (unpaired) electrons. The second-order valence-corrected chi connectivity index (χ2v) is 3.62. The molecule has 0 aliphatic heterocycles. The maximum atomic E-state index is 9.37. The number of aromatic nitrogens is 2. The Morgan fingerprint density at radius 2 is 2.00 bits per heavy atom. The molecule has 1 aromatic carbocycles. The fourth-order valence-corrected chi connectivity index (χ4v) is 1.55. The topological polar surface area (TPSA) is 84.1 Å². The molecule has 2 rings (SSSR count). The standard InChI is InChI=1S/C12H14N4O/c13-11-6-14-7-12(16-11)15-10(8-17)9-4-2-1-3-5-9/h1-7,10,17H,8H2,(H3,13,15,16). The molecule has 0 aliphatic carbocycles. The first-order chi connectivity index (χ1) is 8.29. The average molecular weight is 230 g/mol. The normalized spacial score (nSPS) is 12.1. The van der Waals surface area contributed by atoms with E-state index in [-0.39, 0.29) is 12.6 Å². The fraction of sp³-hybridized carbons (Fsp3) is 0.167. The van der Waals surface area contributed by atoms with Crippen LogP contribution in [0.4, 0.5) is 11.6 Å². The molecule has 1 heterocycles. The first-order valence-electron chi connectivity index (χ1n) is 5.29. The fourth-order valence-electron chi connectivity index (χ4n) is 1.55. The van der Waals surface area contributed by atoms with Gasteiger partial charge in [0, 0.05) is 0 Å².